The number of rotatable bonds is 2. The second kappa shape index (κ2) is 6.91. The number of hydrogen-bond acceptors (Lipinski definition) is 7. The maximum absolute atomic E-state index is 12.4. The van der Waals surface area contributed by atoms with Crippen LogP contribution in [0.25, 0.3) is 0 Å². The van der Waals surface area contributed by atoms with Gasteiger partial charge in [0, 0.05) is 0 Å². The Morgan fingerprint density at radius 2 is 1.58 bits per heavy atom. The minimum absolute atomic E-state index is 0.200. The molecule has 12 heteroatoms. The molecule has 1 rings (SSSR count). The van der Waals surface area contributed by atoms with E-state index in [0.29, 0.717) is 5.01 Å². The number of nitrogens with zero attached hydrogens (tertiary/aromatic N) is 2. The summed E-state index contributed by atoms with van der Waals surface area (Å²) in [5.41, 5.74) is 0.288. The molecule has 26 heavy (non-hydrogen) atoms. The van der Waals surface area contributed by atoms with Gasteiger partial charge in [-0.25, -0.2) is 24.3 Å². The molecule has 2 atom stereocenters. The summed E-state index contributed by atoms with van der Waals surface area (Å²) in [7, 11) is -4.79. The van der Waals surface area contributed by atoms with Gasteiger partial charge in [-0.05, 0) is 48.5 Å². The van der Waals surface area contributed by atoms with E-state index in [9.17, 15) is 22.8 Å². The van der Waals surface area contributed by atoms with Crippen molar-refractivity contribution in [2.24, 2.45) is 0 Å². The average molecular weight is 395 g/mol. The van der Waals surface area contributed by atoms with Crippen LogP contribution in [0.15, 0.2) is 0 Å². The van der Waals surface area contributed by atoms with Crippen LogP contribution in [0, 0.1) is 0 Å². The van der Waals surface area contributed by atoms with E-state index < -0.39 is 51.7 Å². The van der Waals surface area contributed by atoms with Crippen LogP contribution >= 0.6 is 0 Å². The van der Waals surface area contributed by atoms with Crippen LogP contribution in [0.2, 0.25) is 0 Å². The highest BCUT2D eigenvalue weighted by atomic mass is 32.2. The Morgan fingerprint density at radius 1 is 1.12 bits per heavy atom. The minimum atomic E-state index is -4.79. The van der Waals surface area contributed by atoms with Gasteiger partial charge >= 0.3 is 22.5 Å². The van der Waals surface area contributed by atoms with Gasteiger partial charge in [0.05, 0.1) is 6.04 Å². The van der Waals surface area contributed by atoms with Crippen molar-refractivity contribution in [2.45, 2.75) is 71.8 Å². The number of carbonyl (C=O) groups excluding carboxylic acids is 3. The van der Waals surface area contributed by atoms with E-state index in [1.54, 1.807) is 41.5 Å². The molecule has 0 aromatic heterocycles. The van der Waals surface area contributed by atoms with Crippen LogP contribution in [-0.2, 0) is 24.6 Å². The van der Waals surface area contributed by atoms with E-state index in [0.717, 1.165) is 0 Å². The molecule has 0 aromatic carbocycles. The quantitative estimate of drug-likeness (QED) is 0.401. The summed E-state index contributed by atoms with van der Waals surface area (Å²) in [6.45, 7) is 10.8. The fourth-order valence-electron chi connectivity index (χ4n) is 2.17. The fourth-order valence-corrected chi connectivity index (χ4v) is 3.04. The number of β-lactam (4-membered cyclic amide) rings is 1. The third-order valence-corrected chi connectivity index (χ3v) is 4.03. The summed E-state index contributed by atoms with van der Waals surface area (Å²) in [5, 5.41) is 0.563. The van der Waals surface area contributed by atoms with Crippen molar-refractivity contribution in [3.8, 4) is 0 Å². The zero-order chi connectivity index (χ0) is 20.7. The molecule has 0 aromatic rings. The molecule has 1 aliphatic rings. The summed E-state index contributed by atoms with van der Waals surface area (Å²) >= 11 is 0. The van der Waals surface area contributed by atoms with Crippen molar-refractivity contribution < 1.29 is 36.8 Å². The van der Waals surface area contributed by atoms with Crippen molar-refractivity contribution >= 4 is 28.4 Å². The number of hydrazine groups is 1. The van der Waals surface area contributed by atoms with Crippen LogP contribution in [0.5, 0.6) is 0 Å². The molecule has 1 fully saturated rings. The van der Waals surface area contributed by atoms with Crippen LogP contribution in [0.1, 0.15) is 48.5 Å². The Balaban J connectivity index is 3.08. The molecule has 0 saturated carbocycles. The summed E-state index contributed by atoms with van der Waals surface area (Å²) in [6, 6.07) is -2.51. The van der Waals surface area contributed by atoms with E-state index in [2.05, 4.69) is 5.43 Å². The number of amides is 3. The first-order chi connectivity index (χ1) is 11.4. The lowest BCUT2D eigenvalue weighted by Crippen LogP contribution is -2.74. The highest BCUT2D eigenvalue weighted by Gasteiger charge is 2.56. The smallest absolute Gasteiger partial charge is 0.430 e. The van der Waals surface area contributed by atoms with Crippen LogP contribution in [0.3, 0.4) is 0 Å². The summed E-state index contributed by atoms with van der Waals surface area (Å²) < 4.78 is 41.9. The van der Waals surface area contributed by atoms with Crippen molar-refractivity contribution in [1.82, 2.24) is 14.7 Å². The predicted molar refractivity (Wildman–Crippen MR) is 89.1 cm³/mol. The standard InChI is InChI=1S/C14H25N3O8S/c1-8-9(10(18)17(8)26(21,22)23)16(12(20)25-14(5,6)7)15-11(19)24-13(2,3)4/h8-9H,1-7H3,(H,15,19)(H,21,22,23)/t8-,9+/m1/s1. The summed E-state index contributed by atoms with van der Waals surface area (Å²) in [4.78, 5) is 36.5. The predicted octanol–water partition coefficient (Wildman–Crippen LogP) is 1.07. The van der Waals surface area contributed by atoms with Gasteiger partial charge in [0.25, 0.3) is 5.91 Å². The van der Waals surface area contributed by atoms with E-state index in [-0.39, 0.29) is 4.31 Å². The monoisotopic (exact) mass is 395 g/mol. The van der Waals surface area contributed by atoms with Crippen molar-refractivity contribution in [2.75, 3.05) is 0 Å². The van der Waals surface area contributed by atoms with Crippen molar-refractivity contribution in [3.05, 3.63) is 0 Å². The van der Waals surface area contributed by atoms with Crippen molar-refractivity contribution in [3.63, 3.8) is 0 Å². The molecule has 11 nitrogen and oxygen atoms in total. The van der Waals surface area contributed by atoms with E-state index in [1.807, 2.05) is 0 Å². The first kappa shape index (κ1) is 22.0. The first-order valence-electron chi connectivity index (χ1n) is 7.76. The van der Waals surface area contributed by atoms with Gasteiger partial charge < -0.3 is 9.47 Å². The number of nitrogens with one attached hydrogen (secondary N) is 1. The lowest BCUT2D eigenvalue weighted by Gasteiger charge is -2.46. The Kier molecular flexibility index (Phi) is 5.84. The lowest BCUT2D eigenvalue weighted by atomic mass is 10.0. The molecule has 3 amide bonds. The topological polar surface area (TPSA) is 143 Å². The van der Waals surface area contributed by atoms with Gasteiger partial charge in [-0.15, -0.1) is 0 Å². The van der Waals surface area contributed by atoms with Gasteiger partial charge in [0.15, 0.2) is 6.04 Å². The Hall–Kier alpha value is -2.08. The molecule has 1 aliphatic heterocycles. The van der Waals surface area contributed by atoms with Gasteiger partial charge in [0.1, 0.15) is 11.2 Å². The van der Waals surface area contributed by atoms with Crippen LogP contribution < -0.4 is 5.43 Å². The largest absolute Gasteiger partial charge is 0.443 e. The Bertz CT molecular complexity index is 692. The summed E-state index contributed by atoms with van der Waals surface area (Å²) in [5.74, 6) is -1.10. The van der Waals surface area contributed by atoms with E-state index >= 15 is 0 Å². The maximum Gasteiger partial charge on any atom is 0.430 e. The molecule has 0 aliphatic carbocycles. The lowest BCUT2D eigenvalue weighted by molar-refractivity contribution is -0.150. The summed E-state index contributed by atoms with van der Waals surface area (Å²) in [6.07, 6.45) is -2.11. The average Bonchev–Trinajstić information content (AvgIpc) is 2.31. The normalized spacial score (nSPS) is 20.9. The highest BCUT2D eigenvalue weighted by Crippen LogP contribution is 2.28. The molecule has 2 N–H and O–H groups in total. The molecule has 0 spiro atoms. The fraction of sp³-hybridized carbons (Fsp3) is 0.786. The Labute approximate surface area is 152 Å². The van der Waals surface area contributed by atoms with Crippen LogP contribution in [0.4, 0.5) is 9.59 Å². The molecule has 150 valence electrons. The maximum atomic E-state index is 12.4. The van der Waals surface area contributed by atoms with Crippen molar-refractivity contribution in [1.29, 1.82) is 0 Å². The minimum Gasteiger partial charge on any atom is -0.443 e. The zero-order valence-electron chi connectivity index (χ0n) is 15.8. The molecular weight excluding hydrogens is 370 g/mol. The van der Waals surface area contributed by atoms with Gasteiger partial charge in [-0.1, -0.05) is 0 Å². The van der Waals surface area contributed by atoms with Gasteiger partial charge in [0.2, 0.25) is 0 Å². The molecule has 1 heterocycles. The molecule has 0 bridgehead atoms. The third-order valence-electron chi connectivity index (χ3n) is 3.02. The number of carbonyl (C=O) groups is 3. The molecule has 0 unspecified atom stereocenters. The van der Waals surface area contributed by atoms with Gasteiger partial charge in [-0.2, -0.15) is 8.42 Å². The SMILES string of the molecule is C[C@@H]1[C@H](N(NC(=O)OC(C)(C)C)C(=O)OC(C)(C)C)C(=O)N1S(=O)(=O)O. The van der Waals surface area contributed by atoms with E-state index in [4.69, 9.17) is 14.0 Å². The third kappa shape index (κ3) is 5.46. The first-order valence-corrected chi connectivity index (χ1v) is 9.16. The van der Waals surface area contributed by atoms with Crippen LogP contribution in [-0.4, -0.2) is 63.7 Å². The van der Waals surface area contributed by atoms with Gasteiger partial charge in [-0.3, -0.25) is 9.35 Å². The molecular formula is C14H25N3O8S. The zero-order valence-corrected chi connectivity index (χ0v) is 16.6. The highest BCUT2D eigenvalue weighted by molar-refractivity contribution is 7.84. The molecule has 1 saturated heterocycles. The number of hydrogen-bond donors (Lipinski definition) is 2. The second-order valence-electron chi connectivity index (χ2n) is 7.76. The second-order valence-corrected chi connectivity index (χ2v) is 9.05. The van der Waals surface area contributed by atoms with E-state index in [1.165, 1.54) is 6.92 Å². The molecule has 0 radical (unpaired) electrons. The Morgan fingerprint density at radius 3 is 1.92 bits per heavy atom. The number of ether oxygens (including phenoxy) is 2.